The quantitative estimate of drug-likeness (QED) is 0.801. The fourth-order valence-electron chi connectivity index (χ4n) is 2.40. The highest BCUT2D eigenvalue weighted by Gasteiger charge is 2.27. The highest BCUT2D eigenvalue weighted by Crippen LogP contribution is 2.26. The van der Waals surface area contributed by atoms with Gasteiger partial charge in [0.2, 0.25) is 0 Å². The molecule has 0 saturated carbocycles. The van der Waals surface area contributed by atoms with Gasteiger partial charge in [-0.3, -0.25) is 0 Å². The number of hydrogen-bond donors (Lipinski definition) is 2. The van der Waals surface area contributed by atoms with Crippen LogP contribution in [0.25, 0.3) is 0 Å². The molecule has 0 amide bonds. The van der Waals surface area contributed by atoms with Crippen LogP contribution < -0.4 is 10.6 Å². The minimum absolute atomic E-state index is 0.236. The lowest BCUT2D eigenvalue weighted by atomic mass is 10.0. The molecule has 0 aliphatic carbocycles. The van der Waals surface area contributed by atoms with E-state index in [0.29, 0.717) is 23.7 Å². The normalized spacial score (nSPS) is 19.9. The van der Waals surface area contributed by atoms with Crippen LogP contribution >= 0.6 is 0 Å². The summed E-state index contributed by atoms with van der Waals surface area (Å²) < 4.78 is 4.98. The molecular weight excluding hydrogens is 258 g/mol. The number of nitrogens with two attached hydrogens (primary N) is 1. The van der Waals surface area contributed by atoms with E-state index in [-0.39, 0.29) is 12.0 Å². The van der Waals surface area contributed by atoms with Gasteiger partial charge in [0.15, 0.2) is 0 Å². The van der Waals surface area contributed by atoms with Crippen molar-refractivity contribution in [3.63, 3.8) is 0 Å². The van der Waals surface area contributed by atoms with Gasteiger partial charge in [-0.05, 0) is 26.3 Å². The van der Waals surface area contributed by atoms with Crippen LogP contribution in [0.4, 0.5) is 11.5 Å². The molecule has 1 fully saturated rings. The highest BCUT2D eigenvalue weighted by atomic mass is 16.5. The van der Waals surface area contributed by atoms with E-state index in [0.717, 1.165) is 19.5 Å². The number of aliphatic hydroxyl groups is 1. The molecule has 1 aliphatic rings. The fourth-order valence-corrected chi connectivity index (χ4v) is 2.40. The molecule has 0 aromatic carbocycles. The number of rotatable bonds is 4. The van der Waals surface area contributed by atoms with Crippen molar-refractivity contribution >= 4 is 17.5 Å². The zero-order valence-corrected chi connectivity index (χ0v) is 11.9. The Morgan fingerprint density at radius 1 is 1.70 bits per heavy atom. The predicted octanol–water partition coefficient (Wildman–Crippen LogP) is 1.05. The summed E-state index contributed by atoms with van der Waals surface area (Å²) in [5, 5.41) is 9.63. The number of esters is 1. The standard InChI is InChI=1S/C14H21N3O3/c1-3-20-14(19)11-6-13(16-7-12(11)15)17-5-4-10(8-17)9(2)18/h6-7,9-10,18H,3-5,8,15H2,1-2H3. The first-order valence-electron chi connectivity index (χ1n) is 6.88. The topological polar surface area (TPSA) is 88.7 Å². The van der Waals surface area contributed by atoms with Crippen LogP contribution in [0.15, 0.2) is 12.3 Å². The average molecular weight is 279 g/mol. The summed E-state index contributed by atoms with van der Waals surface area (Å²) in [6.07, 6.45) is 2.06. The van der Waals surface area contributed by atoms with E-state index in [1.165, 1.54) is 6.20 Å². The third kappa shape index (κ3) is 3.01. The maximum atomic E-state index is 11.8. The number of carbonyl (C=O) groups excluding carboxylic acids is 1. The summed E-state index contributed by atoms with van der Waals surface area (Å²) in [5.41, 5.74) is 6.44. The monoisotopic (exact) mass is 279 g/mol. The van der Waals surface area contributed by atoms with Crippen molar-refractivity contribution in [2.24, 2.45) is 5.92 Å². The third-order valence-corrected chi connectivity index (χ3v) is 3.65. The van der Waals surface area contributed by atoms with Gasteiger partial charge in [-0.25, -0.2) is 9.78 Å². The van der Waals surface area contributed by atoms with Crippen LogP contribution in [-0.4, -0.2) is 41.9 Å². The molecule has 3 N–H and O–H groups in total. The van der Waals surface area contributed by atoms with E-state index in [4.69, 9.17) is 10.5 Å². The second kappa shape index (κ2) is 6.09. The van der Waals surface area contributed by atoms with Crippen LogP contribution in [0.2, 0.25) is 0 Å². The Balaban J connectivity index is 2.18. The molecule has 2 rings (SSSR count). The Labute approximate surface area is 118 Å². The van der Waals surface area contributed by atoms with E-state index in [9.17, 15) is 9.90 Å². The first kappa shape index (κ1) is 14.6. The second-order valence-electron chi connectivity index (χ2n) is 5.09. The number of nitrogens with zero attached hydrogens (tertiary/aromatic N) is 2. The molecule has 1 aromatic heterocycles. The molecule has 6 heteroatoms. The lowest BCUT2D eigenvalue weighted by Crippen LogP contribution is -2.25. The molecule has 0 spiro atoms. The Bertz CT molecular complexity index is 491. The van der Waals surface area contributed by atoms with Gasteiger partial charge in [0, 0.05) is 19.0 Å². The molecule has 2 heterocycles. The third-order valence-electron chi connectivity index (χ3n) is 3.65. The SMILES string of the molecule is CCOC(=O)c1cc(N2CCC(C(C)O)C2)ncc1N. The van der Waals surface area contributed by atoms with Gasteiger partial charge < -0.3 is 20.5 Å². The van der Waals surface area contributed by atoms with E-state index < -0.39 is 5.97 Å². The summed E-state index contributed by atoms with van der Waals surface area (Å²) >= 11 is 0. The van der Waals surface area contributed by atoms with Gasteiger partial charge >= 0.3 is 5.97 Å². The molecule has 6 nitrogen and oxygen atoms in total. The van der Waals surface area contributed by atoms with Gasteiger partial charge in [0.05, 0.1) is 30.2 Å². The molecule has 2 atom stereocenters. The molecule has 0 bridgehead atoms. The zero-order chi connectivity index (χ0) is 14.7. The summed E-state index contributed by atoms with van der Waals surface area (Å²) in [4.78, 5) is 18.1. The van der Waals surface area contributed by atoms with E-state index in [2.05, 4.69) is 9.88 Å². The molecule has 2 unspecified atom stereocenters. The number of aliphatic hydroxyl groups excluding tert-OH is 1. The van der Waals surface area contributed by atoms with Crippen molar-refractivity contribution in [2.45, 2.75) is 26.4 Å². The summed E-state index contributed by atoms with van der Waals surface area (Å²) in [6, 6.07) is 1.66. The van der Waals surface area contributed by atoms with E-state index in [1.807, 2.05) is 0 Å². The van der Waals surface area contributed by atoms with Crippen LogP contribution in [0.5, 0.6) is 0 Å². The molecule has 110 valence electrons. The Morgan fingerprint density at radius 2 is 2.45 bits per heavy atom. The minimum atomic E-state index is -0.431. The Morgan fingerprint density at radius 3 is 3.05 bits per heavy atom. The minimum Gasteiger partial charge on any atom is -0.462 e. The van der Waals surface area contributed by atoms with Gasteiger partial charge in [-0.1, -0.05) is 0 Å². The van der Waals surface area contributed by atoms with E-state index in [1.54, 1.807) is 19.9 Å². The number of nitrogen functional groups attached to an aromatic ring is 1. The first-order valence-corrected chi connectivity index (χ1v) is 6.88. The highest BCUT2D eigenvalue weighted by molar-refractivity contribution is 5.95. The first-order chi connectivity index (χ1) is 9.52. The van der Waals surface area contributed by atoms with Gasteiger partial charge in [-0.15, -0.1) is 0 Å². The molecule has 1 aliphatic heterocycles. The number of hydrogen-bond acceptors (Lipinski definition) is 6. The van der Waals surface area contributed by atoms with Crippen LogP contribution in [0, 0.1) is 5.92 Å². The smallest absolute Gasteiger partial charge is 0.340 e. The van der Waals surface area contributed by atoms with Crippen molar-refractivity contribution in [2.75, 3.05) is 30.3 Å². The molecule has 20 heavy (non-hydrogen) atoms. The Hall–Kier alpha value is -1.82. The summed E-state index contributed by atoms with van der Waals surface area (Å²) in [7, 11) is 0. The lowest BCUT2D eigenvalue weighted by molar-refractivity contribution is 0.0527. The second-order valence-corrected chi connectivity index (χ2v) is 5.09. The molecular formula is C14H21N3O3. The van der Waals surface area contributed by atoms with Crippen LogP contribution in [0.3, 0.4) is 0 Å². The summed E-state index contributed by atoms with van der Waals surface area (Å²) in [6.45, 7) is 5.41. The molecule has 1 aromatic rings. The maximum Gasteiger partial charge on any atom is 0.340 e. The number of ether oxygens (including phenoxy) is 1. The van der Waals surface area contributed by atoms with Crippen molar-refractivity contribution in [1.82, 2.24) is 4.98 Å². The maximum absolute atomic E-state index is 11.8. The fraction of sp³-hybridized carbons (Fsp3) is 0.571. The van der Waals surface area contributed by atoms with Crippen molar-refractivity contribution < 1.29 is 14.6 Å². The number of pyridine rings is 1. The van der Waals surface area contributed by atoms with E-state index >= 15 is 0 Å². The number of anilines is 2. The zero-order valence-electron chi connectivity index (χ0n) is 11.9. The predicted molar refractivity (Wildman–Crippen MR) is 76.6 cm³/mol. The number of aromatic nitrogens is 1. The molecule has 0 radical (unpaired) electrons. The van der Waals surface area contributed by atoms with Crippen molar-refractivity contribution in [3.05, 3.63) is 17.8 Å². The average Bonchev–Trinajstić information content (AvgIpc) is 2.89. The van der Waals surface area contributed by atoms with Gasteiger partial charge in [-0.2, -0.15) is 0 Å². The lowest BCUT2D eigenvalue weighted by Gasteiger charge is -2.19. The van der Waals surface area contributed by atoms with Crippen molar-refractivity contribution in [1.29, 1.82) is 0 Å². The van der Waals surface area contributed by atoms with Gasteiger partial charge in [0.25, 0.3) is 0 Å². The molecule has 1 saturated heterocycles. The van der Waals surface area contributed by atoms with Gasteiger partial charge in [0.1, 0.15) is 5.82 Å². The largest absolute Gasteiger partial charge is 0.462 e. The number of carbonyl (C=O) groups is 1. The van der Waals surface area contributed by atoms with Crippen LogP contribution in [0.1, 0.15) is 30.6 Å². The Kier molecular flexibility index (Phi) is 4.44. The van der Waals surface area contributed by atoms with Crippen LogP contribution in [-0.2, 0) is 4.74 Å². The van der Waals surface area contributed by atoms with Crippen molar-refractivity contribution in [3.8, 4) is 0 Å². The summed E-state index contributed by atoms with van der Waals surface area (Å²) in [5.74, 6) is 0.505.